The summed E-state index contributed by atoms with van der Waals surface area (Å²) in [4.78, 5) is 1.34. The topological polar surface area (TPSA) is 0 Å². The van der Waals surface area contributed by atoms with E-state index in [1.807, 2.05) is 0 Å². The van der Waals surface area contributed by atoms with Crippen LogP contribution in [0.15, 0.2) is 23.1 Å². The Morgan fingerprint density at radius 1 is 1.45 bits per heavy atom. The van der Waals surface area contributed by atoms with Crippen molar-refractivity contribution in [2.75, 3.05) is 6.26 Å². The van der Waals surface area contributed by atoms with E-state index in [9.17, 15) is 0 Å². The Bertz CT molecular complexity index is 245. The molecule has 0 unspecified atom stereocenters. The number of hydrogen-bond donors (Lipinski definition) is 0. The smallest absolute Gasteiger partial charge is 0.0285 e. The number of alkyl halides is 1. The Morgan fingerprint density at radius 2 is 2.18 bits per heavy atom. The maximum Gasteiger partial charge on any atom is 0.0285 e. The van der Waals surface area contributed by atoms with Crippen molar-refractivity contribution in [2.24, 2.45) is 0 Å². The van der Waals surface area contributed by atoms with Crippen LogP contribution >= 0.6 is 27.7 Å². The van der Waals surface area contributed by atoms with E-state index in [0.29, 0.717) is 0 Å². The predicted octanol–water partition coefficient (Wildman–Crippen LogP) is 3.61. The molecule has 0 saturated carbocycles. The average Bonchev–Trinajstić information content (AvgIpc) is 2.04. The molecule has 0 aromatic heterocycles. The fourth-order valence-corrected chi connectivity index (χ4v) is 2.07. The largest absolute Gasteiger partial charge is 0.130 e. The van der Waals surface area contributed by atoms with Crippen LogP contribution in [0.5, 0.6) is 0 Å². The minimum Gasteiger partial charge on any atom is -0.130 e. The molecule has 1 rings (SSSR count). The predicted molar refractivity (Wildman–Crippen MR) is 55.6 cm³/mol. The molecule has 0 saturated heterocycles. The quantitative estimate of drug-likeness (QED) is 0.553. The Labute approximate surface area is 80.5 Å². The zero-order valence-corrected chi connectivity index (χ0v) is 9.13. The summed E-state index contributed by atoms with van der Waals surface area (Å²) in [7, 11) is 0. The van der Waals surface area contributed by atoms with Gasteiger partial charge in [-0.3, -0.25) is 0 Å². The summed E-state index contributed by atoms with van der Waals surface area (Å²) in [6, 6.07) is 6.56. The zero-order valence-electron chi connectivity index (χ0n) is 6.73. The molecule has 1 aromatic carbocycles. The molecule has 0 N–H and O–H groups in total. The van der Waals surface area contributed by atoms with Gasteiger partial charge in [0.2, 0.25) is 0 Å². The van der Waals surface area contributed by atoms with Crippen LogP contribution in [-0.2, 0) is 5.33 Å². The van der Waals surface area contributed by atoms with Crippen molar-refractivity contribution in [2.45, 2.75) is 17.1 Å². The molecule has 11 heavy (non-hydrogen) atoms. The third-order valence-electron chi connectivity index (χ3n) is 1.69. The molecule has 1 aromatic rings. The van der Waals surface area contributed by atoms with Crippen molar-refractivity contribution in [3.63, 3.8) is 0 Å². The van der Waals surface area contributed by atoms with Gasteiger partial charge in [-0.05, 0) is 36.4 Å². The fraction of sp³-hybridized carbons (Fsp3) is 0.333. The van der Waals surface area contributed by atoms with Crippen molar-refractivity contribution in [1.82, 2.24) is 0 Å². The van der Waals surface area contributed by atoms with Gasteiger partial charge in [0.05, 0.1) is 0 Å². The van der Waals surface area contributed by atoms with Crippen LogP contribution in [-0.4, -0.2) is 6.26 Å². The highest BCUT2D eigenvalue weighted by molar-refractivity contribution is 9.08. The molecule has 0 atom stereocenters. The van der Waals surface area contributed by atoms with Gasteiger partial charge in [0.25, 0.3) is 0 Å². The van der Waals surface area contributed by atoms with E-state index in [2.05, 4.69) is 47.3 Å². The minimum absolute atomic E-state index is 0.952. The summed E-state index contributed by atoms with van der Waals surface area (Å²) in [6.45, 7) is 2.15. The maximum atomic E-state index is 3.45. The molecule has 0 aliphatic heterocycles. The second-order valence-corrected chi connectivity index (χ2v) is 3.87. The Kier molecular flexibility index (Phi) is 3.46. The van der Waals surface area contributed by atoms with Crippen LogP contribution in [0.4, 0.5) is 0 Å². The molecule has 0 radical (unpaired) electrons. The molecule has 2 heteroatoms. The van der Waals surface area contributed by atoms with Crippen molar-refractivity contribution in [3.8, 4) is 0 Å². The van der Waals surface area contributed by atoms with Crippen LogP contribution in [0.1, 0.15) is 11.1 Å². The van der Waals surface area contributed by atoms with E-state index >= 15 is 0 Å². The van der Waals surface area contributed by atoms with Gasteiger partial charge in [-0.1, -0.05) is 22.0 Å². The first kappa shape index (κ1) is 9.14. The number of benzene rings is 1. The lowest BCUT2D eigenvalue weighted by molar-refractivity contribution is 1.27. The van der Waals surface area contributed by atoms with Crippen molar-refractivity contribution >= 4 is 27.7 Å². The van der Waals surface area contributed by atoms with E-state index in [1.165, 1.54) is 16.0 Å². The monoisotopic (exact) mass is 230 g/mol. The van der Waals surface area contributed by atoms with Gasteiger partial charge in [-0.2, -0.15) is 0 Å². The molecule has 0 aliphatic rings. The summed E-state index contributed by atoms with van der Waals surface area (Å²) in [5.41, 5.74) is 2.75. The van der Waals surface area contributed by atoms with Gasteiger partial charge < -0.3 is 0 Å². The van der Waals surface area contributed by atoms with Crippen molar-refractivity contribution < 1.29 is 0 Å². The molecular formula is C9H11BrS. The van der Waals surface area contributed by atoms with Crippen LogP contribution < -0.4 is 0 Å². The van der Waals surface area contributed by atoms with Gasteiger partial charge >= 0.3 is 0 Å². The van der Waals surface area contributed by atoms with E-state index < -0.39 is 0 Å². The molecule has 0 amide bonds. The van der Waals surface area contributed by atoms with Crippen LogP contribution in [0.2, 0.25) is 0 Å². The highest BCUT2D eigenvalue weighted by Gasteiger charge is 1.96. The summed E-state index contributed by atoms with van der Waals surface area (Å²) < 4.78 is 0. The first-order valence-corrected chi connectivity index (χ1v) is 5.82. The Balaban J connectivity index is 2.99. The molecule has 0 bridgehead atoms. The SMILES string of the molecule is CSc1ccc(CBr)c(C)c1. The molecule has 0 aliphatic carbocycles. The Morgan fingerprint density at radius 3 is 2.64 bits per heavy atom. The normalized spacial score (nSPS) is 10.1. The Hall–Kier alpha value is 0.0500. The molecule has 0 nitrogen and oxygen atoms in total. The lowest BCUT2D eigenvalue weighted by atomic mass is 10.1. The number of thioether (sulfide) groups is 1. The number of aryl methyl sites for hydroxylation is 1. The van der Waals surface area contributed by atoms with Gasteiger partial charge in [0, 0.05) is 10.2 Å². The van der Waals surface area contributed by atoms with E-state index in [0.717, 1.165) is 5.33 Å². The molecule has 0 heterocycles. The van der Waals surface area contributed by atoms with Crippen LogP contribution in [0.3, 0.4) is 0 Å². The lowest BCUT2D eigenvalue weighted by Gasteiger charge is -2.03. The van der Waals surface area contributed by atoms with E-state index in [4.69, 9.17) is 0 Å². The summed E-state index contributed by atoms with van der Waals surface area (Å²) >= 11 is 5.23. The number of hydrogen-bond acceptors (Lipinski definition) is 1. The summed E-state index contributed by atoms with van der Waals surface area (Å²) in [5, 5.41) is 0.952. The second kappa shape index (κ2) is 4.17. The third kappa shape index (κ3) is 2.24. The lowest BCUT2D eigenvalue weighted by Crippen LogP contribution is -1.83. The first-order chi connectivity index (χ1) is 5.27. The number of halogens is 1. The van der Waals surface area contributed by atoms with Gasteiger partial charge in [0.15, 0.2) is 0 Å². The van der Waals surface area contributed by atoms with Gasteiger partial charge in [0.1, 0.15) is 0 Å². The third-order valence-corrected chi connectivity index (χ3v) is 3.02. The van der Waals surface area contributed by atoms with Gasteiger partial charge in [-0.25, -0.2) is 0 Å². The first-order valence-electron chi connectivity index (χ1n) is 3.47. The molecule has 0 fully saturated rings. The van der Waals surface area contributed by atoms with Crippen molar-refractivity contribution in [1.29, 1.82) is 0 Å². The van der Waals surface area contributed by atoms with Gasteiger partial charge in [-0.15, -0.1) is 11.8 Å². The minimum atomic E-state index is 0.952. The summed E-state index contributed by atoms with van der Waals surface area (Å²) in [5.74, 6) is 0. The summed E-state index contributed by atoms with van der Waals surface area (Å²) in [6.07, 6.45) is 2.10. The highest BCUT2D eigenvalue weighted by atomic mass is 79.9. The standard InChI is InChI=1S/C9H11BrS/c1-7-5-9(11-2)4-3-8(7)6-10/h3-5H,6H2,1-2H3. The number of rotatable bonds is 2. The van der Waals surface area contributed by atoms with E-state index in [-0.39, 0.29) is 0 Å². The molecular weight excluding hydrogens is 220 g/mol. The van der Waals surface area contributed by atoms with Crippen molar-refractivity contribution in [3.05, 3.63) is 29.3 Å². The van der Waals surface area contributed by atoms with Crippen LogP contribution in [0.25, 0.3) is 0 Å². The van der Waals surface area contributed by atoms with Crippen LogP contribution in [0, 0.1) is 6.92 Å². The molecule has 60 valence electrons. The molecule has 0 spiro atoms. The van der Waals surface area contributed by atoms with E-state index in [1.54, 1.807) is 11.8 Å². The average molecular weight is 231 g/mol. The maximum absolute atomic E-state index is 3.45. The second-order valence-electron chi connectivity index (χ2n) is 2.43. The zero-order chi connectivity index (χ0) is 8.27. The fourth-order valence-electron chi connectivity index (χ4n) is 0.945. The highest BCUT2D eigenvalue weighted by Crippen LogP contribution is 2.20.